The van der Waals surface area contributed by atoms with Crippen LogP contribution in [0.1, 0.15) is 32.2 Å². The molecular formula is C15H20N6O5S. The van der Waals surface area contributed by atoms with Gasteiger partial charge in [-0.15, -0.1) is 16.9 Å². The van der Waals surface area contributed by atoms with E-state index in [4.69, 9.17) is 15.2 Å². The highest BCUT2D eigenvalue weighted by atomic mass is 32.2. The van der Waals surface area contributed by atoms with E-state index in [0.29, 0.717) is 23.4 Å². The van der Waals surface area contributed by atoms with Crippen LogP contribution in [0.3, 0.4) is 0 Å². The van der Waals surface area contributed by atoms with E-state index in [0.717, 1.165) is 11.1 Å². The number of amides is 1. The zero-order valence-corrected chi connectivity index (χ0v) is 15.8. The minimum atomic E-state index is -0.661. The minimum absolute atomic E-state index is 0.0845. The molecular weight excluding hydrogens is 376 g/mol. The molecule has 2 atom stereocenters. The lowest BCUT2D eigenvalue weighted by Crippen LogP contribution is -2.32. The van der Waals surface area contributed by atoms with E-state index < -0.39 is 29.1 Å². The van der Waals surface area contributed by atoms with E-state index in [1.807, 2.05) is 6.92 Å². The number of fused-ring (bicyclic) bond motifs is 1. The zero-order valence-electron chi connectivity index (χ0n) is 15.0. The van der Waals surface area contributed by atoms with Crippen LogP contribution in [0.5, 0.6) is 0 Å². The Hall–Kier alpha value is -2.47. The third kappa shape index (κ3) is 4.11. The SMILES string of the molecule is CCCc1nn(CC(N)=O)c2c(=O)n(C3CSC(COC(C)=O)O3)nnc12. The molecule has 0 aliphatic carbocycles. The van der Waals surface area contributed by atoms with E-state index in [9.17, 15) is 14.4 Å². The lowest BCUT2D eigenvalue weighted by molar-refractivity contribution is -0.144. The Morgan fingerprint density at radius 3 is 2.89 bits per heavy atom. The quantitative estimate of drug-likeness (QED) is 0.617. The average Bonchev–Trinajstić information content (AvgIpc) is 3.19. The number of hydrogen-bond donors (Lipinski definition) is 1. The number of nitrogens with zero attached hydrogens (tertiary/aromatic N) is 5. The molecule has 3 heterocycles. The number of rotatable bonds is 7. The van der Waals surface area contributed by atoms with E-state index in [1.165, 1.54) is 23.4 Å². The molecule has 27 heavy (non-hydrogen) atoms. The summed E-state index contributed by atoms with van der Waals surface area (Å²) in [4.78, 5) is 35.3. The van der Waals surface area contributed by atoms with Gasteiger partial charge in [-0.25, -0.2) is 4.68 Å². The van der Waals surface area contributed by atoms with Crippen molar-refractivity contribution in [2.45, 2.75) is 44.9 Å². The first kappa shape index (κ1) is 19.3. The Kier molecular flexibility index (Phi) is 5.75. The van der Waals surface area contributed by atoms with Crippen LogP contribution >= 0.6 is 11.8 Å². The van der Waals surface area contributed by atoms with Gasteiger partial charge in [0.15, 0.2) is 11.7 Å². The maximum absolute atomic E-state index is 13.0. The lowest BCUT2D eigenvalue weighted by Gasteiger charge is -2.13. The summed E-state index contributed by atoms with van der Waals surface area (Å²) in [7, 11) is 0. The highest BCUT2D eigenvalue weighted by Gasteiger charge is 2.31. The van der Waals surface area contributed by atoms with Crippen LogP contribution in [0.15, 0.2) is 4.79 Å². The molecule has 2 unspecified atom stereocenters. The van der Waals surface area contributed by atoms with Crippen LogP contribution < -0.4 is 11.3 Å². The van der Waals surface area contributed by atoms with Gasteiger partial charge in [0.1, 0.15) is 24.1 Å². The number of ether oxygens (including phenoxy) is 2. The average molecular weight is 396 g/mol. The molecule has 11 nitrogen and oxygen atoms in total. The van der Waals surface area contributed by atoms with E-state index in [-0.39, 0.29) is 18.7 Å². The number of aromatic nitrogens is 5. The first-order valence-electron chi connectivity index (χ1n) is 8.44. The number of thioether (sulfide) groups is 1. The lowest BCUT2D eigenvalue weighted by atomic mass is 10.2. The van der Waals surface area contributed by atoms with Gasteiger partial charge in [-0.05, 0) is 6.42 Å². The van der Waals surface area contributed by atoms with E-state index >= 15 is 0 Å². The summed E-state index contributed by atoms with van der Waals surface area (Å²) in [5.74, 6) is -0.572. The summed E-state index contributed by atoms with van der Waals surface area (Å²) < 4.78 is 13.1. The fourth-order valence-electron chi connectivity index (χ4n) is 2.76. The molecule has 2 aromatic rings. The Balaban J connectivity index is 1.93. The van der Waals surface area contributed by atoms with Crippen LogP contribution in [0, 0.1) is 0 Å². The molecule has 0 spiro atoms. The molecule has 1 amide bonds. The van der Waals surface area contributed by atoms with Gasteiger partial charge in [0, 0.05) is 12.7 Å². The second-order valence-corrected chi connectivity index (χ2v) is 7.21. The largest absolute Gasteiger partial charge is 0.462 e. The van der Waals surface area contributed by atoms with Gasteiger partial charge in [0.05, 0.1) is 5.69 Å². The van der Waals surface area contributed by atoms with Gasteiger partial charge >= 0.3 is 5.97 Å². The number of hydrogen-bond acceptors (Lipinski definition) is 9. The normalized spacial score (nSPS) is 19.5. The Morgan fingerprint density at radius 1 is 1.44 bits per heavy atom. The smallest absolute Gasteiger partial charge is 0.302 e. The van der Waals surface area contributed by atoms with Crippen LogP contribution in [-0.4, -0.2) is 54.4 Å². The molecule has 0 saturated carbocycles. The molecule has 0 bridgehead atoms. The van der Waals surface area contributed by atoms with Crippen molar-refractivity contribution in [3.63, 3.8) is 0 Å². The Bertz CT molecular complexity index is 925. The van der Waals surface area contributed by atoms with Crippen molar-refractivity contribution in [2.24, 2.45) is 5.73 Å². The maximum Gasteiger partial charge on any atom is 0.302 e. The molecule has 146 valence electrons. The van der Waals surface area contributed by atoms with Crippen molar-refractivity contribution in [1.82, 2.24) is 24.8 Å². The molecule has 3 rings (SSSR count). The molecule has 1 saturated heterocycles. The van der Waals surface area contributed by atoms with Crippen LogP contribution in [-0.2, 0) is 32.0 Å². The van der Waals surface area contributed by atoms with Crippen molar-refractivity contribution >= 4 is 34.7 Å². The van der Waals surface area contributed by atoms with Gasteiger partial charge in [0.2, 0.25) is 5.91 Å². The fourth-order valence-corrected chi connectivity index (χ4v) is 3.73. The highest BCUT2D eigenvalue weighted by molar-refractivity contribution is 8.00. The monoisotopic (exact) mass is 396 g/mol. The molecule has 12 heteroatoms. The standard InChI is InChI=1S/C15H20N6O5S/c1-3-4-9-13-14(20(18-9)5-10(16)23)15(24)21(19-17-13)11-7-27-12(26-11)6-25-8(2)22/h11-12H,3-7H2,1-2H3,(H2,16,23). The van der Waals surface area contributed by atoms with Gasteiger partial charge < -0.3 is 15.2 Å². The van der Waals surface area contributed by atoms with Crippen molar-refractivity contribution < 1.29 is 19.1 Å². The first-order chi connectivity index (χ1) is 12.9. The number of nitrogens with two attached hydrogens (primary N) is 1. The summed E-state index contributed by atoms with van der Waals surface area (Å²) >= 11 is 1.41. The third-order valence-electron chi connectivity index (χ3n) is 3.87. The predicted molar refractivity (Wildman–Crippen MR) is 95.8 cm³/mol. The number of aryl methyl sites for hydroxylation is 1. The number of carbonyl (C=O) groups is 2. The van der Waals surface area contributed by atoms with Crippen LogP contribution in [0.25, 0.3) is 11.0 Å². The maximum atomic E-state index is 13.0. The summed E-state index contributed by atoms with van der Waals surface area (Å²) in [6.07, 6.45) is 0.736. The van der Waals surface area contributed by atoms with E-state index in [1.54, 1.807) is 0 Å². The second-order valence-electron chi connectivity index (χ2n) is 6.01. The number of primary amides is 1. The Morgan fingerprint density at radius 2 is 2.22 bits per heavy atom. The summed E-state index contributed by atoms with van der Waals surface area (Å²) in [5, 5.41) is 12.4. The molecule has 0 radical (unpaired) electrons. The second kappa shape index (κ2) is 8.05. The van der Waals surface area contributed by atoms with Gasteiger partial charge in [-0.1, -0.05) is 18.6 Å². The van der Waals surface area contributed by atoms with Crippen molar-refractivity contribution in [2.75, 3.05) is 12.4 Å². The van der Waals surface area contributed by atoms with Crippen molar-refractivity contribution in [3.05, 3.63) is 16.0 Å². The molecule has 1 aliphatic rings. The zero-order chi connectivity index (χ0) is 19.6. The molecule has 2 N–H and O–H groups in total. The predicted octanol–water partition coefficient (Wildman–Crippen LogP) is -0.423. The van der Waals surface area contributed by atoms with E-state index in [2.05, 4.69) is 15.4 Å². The van der Waals surface area contributed by atoms with Crippen molar-refractivity contribution in [3.8, 4) is 0 Å². The summed E-state index contributed by atoms with van der Waals surface area (Å²) in [6.45, 7) is 3.15. The number of esters is 1. The van der Waals surface area contributed by atoms with Gasteiger partial charge in [0.25, 0.3) is 5.56 Å². The highest BCUT2D eigenvalue weighted by Crippen LogP contribution is 2.30. The Labute approximate surface area is 158 Å². The topological polar surface area (TPSA) is 144 Å². The molecule has 2 aromatic heterocycles. The summed E-state index contributed by atoms with van der Waals surface area (Å²) in [6, 6.07) is 0. The fraction of sp³-hybridized carbons (Fsp3) is 0.600. The minimum Gasteiger partial charge on any atom is -0.462 e. The molecule has 1 fully saturated rings. The molecule has 0 aromatic carbocycles. The van der Waals surface area contributed by atoms with Crippen molar-refractivity contribution in [1.29, 1.82) is 0 Å². The number of carbonyl (C=O) groups excluding carboxylic acids is 2. The van der Waals surface area contributed by atoms with Gasteiger partial charge in [-0.2, -0.15) is 9.78 Å². The first-order valence-corrected chi connectivity index (χ1v) is 9.49. The molecule has 1 aliphatic heterocycles. The summed E-state index contributed by atoms with van der Waals surface area (Å²) in [5.41, 5.74) is 5.54. The third-order valence-corrected chi connectivity index (χ3v) is 4.97. The van der Waals surface area contributed by atoms with Gasteiger partial charge in [-0.3, -0.25) is 14.4 Å². The van der Waals surface area contributed by atoms with Crippen LogP contribution in [0.4, 0.5) is 0 Å². The van der Waals surface area contributed by atoms with Crippen LogP contribution in [0.2, 0.25) is 0 Å².